The first-order valence-electron chi connectivity index (χ1n) is 8.93. The Morgan fingerprint density at radius 2 is 1.90 bits per heavy atom. The van der Waals surface area contributed by atoms with Crippen molar-refractivity contribution in [2.45, 2.75) is 13.5 Å². The van der Waals surface area contributed by atoms with E-state index in [1.807, 2.05) is 0 Å². The number of alkyl halides is 2. The highest BCUT2D eigenvalue weighted by molar-refractivity contribution is 6.34. The maximum atomic E-state index is 12.5. The summed E-state index contributed by atoms with van der Waals surface area (Å²) in [5.41, 5.74) is 1.20. The molecule has 0 aliphatic rings. The van der Waals surface area contributed by atoms with Gasteiger partial charge in [-0.05, 0) is 48.9 Å². The Hall–Kier alpha value is -3.13. The highest BCUT2D eigenvalue weighted by atomic mass is 35.5. The van der Waals surface area contributed by atoms with Crippen molar-refractivity contribution < 1.29 is 27.8 Å². The van der Waals surface area contributed by atoms with Crippen LogP contribution in [0.25, 0.3) is 6.08 Å². The second kappa shape index (κ2) is 10.6. The van der Waals surface area contributed by atoms with Gasteiger partial charge in [-0.25, -0.2) is 0 Å². The number of carbonyl (C=O) groups is 2. The smallest absolute Gasteiger partial charge is 0.387 e. The predicted molar refractivity (Wildman–Crippen MR) is 111 cm³/mol. The second-order valence-corrected chi connectivity index (χ2v) is 6.64. The molecule has 0 saturated heterocycles. The molecule has 0 radical (unpaired) electrons. The fourth-order valence-electron chi connectivity index (χ4n) is 2.45. The molecule has 2 aromatic carbocycles. The maximum Gasteiger partial charge on any atom is 0.387 e. The Morgan fingerprint density at radius 1 is 1.17 bits per heavy atom. The lowest BCUT2D eigenvalue weighted by atomic mass is 10.1. The summed E-state index contributed by atoms with van der Waals surface area (Å²) in [6.07, 6.45) is 2.72. The number of ether oxygens (including phenoxy) is 2. The molecule has 2 rings (SSSR count). The maximum absolute atomic E-state index is 12.5. The van der Waals surface area contributed by atoms with Gasteiger partial charge in [-0.3, -0.25) is 9.59 Å². The van der Waals surface area contributed by atoms with Crippen LogP contribution in [0.3, 0.4) is 0 Å². The Labute approximate surface area is 178 Å². The standard InChI is InChI=1S/C21H21ClF2N2O4/c1-4-29-18-11-13(5-9-17(18)30-21(23)24)6-10-19(27)25-16-12-14(7-8-15(16)22)20(28)26(2)3/h5-12,21H,4H2,1-3H3,(H,25,27)/b10-6+. The molecule has 160 valence electrons. The van der Waals surface area contributed by atoms with Gasteiger partial charge in [0.1, 0.15) is 0 Å². The number of nitrogens with zero attached hydrogens (tertiary/aromatic N) is 1. The minimum atomic E-state index is -2.98. The Balaban J connectivity index is 2.15. The largest absolute Gasteiger partial charge is 0.490 e. The summed E-state index contributed by atoms with van der Waals surface area (Å²) in [6, 6.07) is 8.89. The van der Waals surface area contributed by atoms with Crippen molar-refractivity contribution >= 4 is 35.2 Å². The van der Waals surface area contributed by atoms with Crippen LogP contribution in [0.5, 0.6) is 11.5 Å². The molecule has 2 aromatic rings. The lowest BCUT2D eigenvalue weighted by Gasteiger charge is -2.12. The number of halogens is 3. The SMILES string of the molecule is CCOc1cc(/C=C/C(=O)Nc2cc(C(=O)N(C)C)ccc2Cl)ccc1OC(F)F. The molecule has 6 nitrogen and oxygen atoms in total. The van der Waals surface area contributed by atoms with E-state index >= 15 is 0 Å². The lowest BCUT2D eigenvalue weighted by molar-refractivity contribution is -0.111. The van der Waals surface area contributed by atoms with Crippen LogP contribution in [0, 0.1) is 0 Å². The first-order valence-corrected chi connectivity index (χ1v) is 9.31. The van der Waals surface area contributed by atoms with Crippen molar-refractivity contribution in [1.29, 1.82) is 0 Å². The fourth-order valence-corrected chi connectivity index (χ4v) is 2.61. The number of hydrogen-bond acceptors (Lipinski definition) is 4. The number of amides is 2. The van der Waals surface area contributed by atoms with Crippen molar-refractivity contribution in [2.75, 3.05) is 26.0 Å². The molecule has 9 heteroatoms. The van der Waals surface area contributed by atoms with Crippen LogP contribution in [0.4, 0.5) is 14.5 Å². The summed E-state index contributed by atoms with van der Waals surface area (Å²) in [6.45, 7) is -1.01. The van der Waals surface area contributed by atoms with Gasteiger partial charge in [-0.2, -0.15) is 8.78 Å². The number of carbonyl (C=O) groups excluding carboxylic acids is 2. The molecule has 0 aliphatic heterocycles. The minimum Gasteiger partial charge on any atom is -0.490 e. The number of nitrogens with one attached hydrogen (secondary N) is 1. The molecule has 30 heavy (non-hydrogen) atoms. The second-order valence-electron chi connectivity index (χ2n) is 6.23. The third-order valence-electron chi connectivity index (χ3n) is 3.79. The predicted octanol–water partition coefficient (Wildman–Crippen LogP) is 4.69. The van der Waals surface area contributed by atoms with E-state index in [1.165, 1.54) is 47.4 Å². The number of rotatable bonds is 8. The molecule has 0 atom stereocenters. The van der Waals surface area contributed by atoms with E-state index in [-0.39, 0.29) is 34.7 Å². The molecule has 2 amide bonds. The highest BCUT2D eigenvalue weighted by Crippen LogP contribution is 2.30. The molecular formula is C21H21ClF2N2O4. The first-order chi connectivity index (χ1) is 14.2. The van der Waals surface area contributed by atoms with Gasteiger partial charge in [0, 0.05) is 25.7 Å². The zero-order valence-electron chi connectivity index (χ0n) is 16.6. The normalized spacial score (nSPS) is 10.9. The summed E-state index contributed by atoms with van der Waals surface area (Å²) in [5, 5.41) is 2.89. The van der Waals surface area contributed by atoms with Crippen LogP contribution < -0.4 is 14.8 Å². The van der Waals surface area contributed by atoms with Crippen molar-refractivity contribution in [3.05, 3.63) is 58.6 Å². The van der Waals surface area contributed by atoms with Crippen LogP contribution in [0.2, 0.25) is 5.02 Å². The number of benzene rings is 2. The van der Waals surface area contributed by atoms with Gasteiger partial charge in [-0.15, -0.1) is 0 Å². The van der Waals surface area contributed by atoms with Crippen LogP contribution >= 0.6 is 11.6 Å². The van der Waals surface area contributed by atoms with E-state index in [4.69, 9.17) is 16.3 Å². The quantitative estimate of drug-likeness (QED) is 0.607. The molecule has 0 spiro atoms. The minimum absolute atomic E-state index is 0.0948. The Morgan fingerprint density at radius 3 is 2.53 bits per heavy atom. The van der Waals surface area contributed by atoms with Crippen LogP contribution in [0.15, 0.2) is 42.5 Å². The molecule has 0 bridgehead atoms. The molecule has 0 saturated carbocycles. The molecule has 1 N–H and O–H groups in total. The number of hydrogen-bond donors (Lipinski definition) is 1. The summed E-state index contributed by atoms with van der Waals surface area (Å²) >= 11 is 6.10. The van der Waals surface area contributed by atoms with Gasteiger partial charge in [0.05, 0.1) is 17.3 Å². The van der Waals surface area contributed by atoms with Gasteiger partial charge >= 0.3 is 6.61 Å². The van der Waals surface area contributed by atoms with E-state index in [0.717, 1.165) is 0 Å². The molecular weight excluding hydrogens is 418 g/mol. The van der Waals surface area contributed by atoms with Crippen LogP contribution in [-0.4, -0.2) is 44.0 Å². The summed E-state index contributed by atoms with van der Waals surface area (Å²) in [4.78, 5) is 25.7. The van der Waals surface area contributed by atoms with Crippen molar-refractivity contribution in [1.82, 2.24) is 4.90 Å². The molecule has 0 fully saturated rings. The summed E-state index contributed by atoms with van der Waals surface area (Å²) in [7, 11) is 3.23. The van der Waals surface area contributed by atoms with Gasteiger partial charge in [0.15, 0.2) is 11.5 Å². The summed E-state index contributed by atoms with van der Waals surface area (Å²) in [5.74, 6) is -0.676. The highest BCUT2D eigenvalue weighted by Gasteiger charge is 2.13. The Bertz CT molecular complexity index is 949. The van der Waals surface area contributed by atoms with E-state index < -0.39 is 12.5 Å². The third kappa shape index (κ3) is 6.45. The lowest BCUT2D eigenvalue weighted by Crippen LogP contribution is -2.21. The third-order valence-corrected chi connectivity index (χ3v) is 4.12. The summed E-state index contributed by atoms with van der Waals surface area (Å²) < 4.78 is 34.7. The van der Waals surface area contributed by atoms with Gasteiger partial charge in [0.25, 0.3) is 5.91 Å². The van der Waals surface area contributed by atoms with Crippen molar-refractivity contribution in [2.24, 2.45) is 0 Å². The Kier molecular flexibility index (Phi) is 8.17. The molecule has 0 aromatic heterocycles. The van der Waals surface area contributed by atoms with Crippen LogP contribution in [-0.2, 0) is 4.79 Å². The van der Waals surface area contributed by atoms with Crippen molar-refractivity contribution in [3.8, 4) is 11.5 Å². The average molecular weight is 439 g/mol. The topological polar surface area (TPSA) is 67.9 Å². The average Bonchev–Trinajstić information content (AvgIpc) is 2.69. The molecule has 0 aliphatic carbocycles. The van der Waals surface area contributed by atoms with E-state index in [0.29, 0.717) is 11.1 Å². The van der Waals surface area contributed by atoms with Gasteiger partial charge < -0.3 is 19.7 Å². The van der Waals surface area contributed by atoms with E-state index in [2.05, 4.69) is 10.1 Å². The van der Waals surface area contributed by atoms with Crippen molar-refractivity contribution in [3.63, 3.8) is 0 Å². The zero-order chi connectivity index (χ0) is 22.3. The van der Waals surface area contributed by atoms with E-state index in [9.17, 15) is 18.4 Å². The number of anilines is 1. The molecule has 0 heterocycles. The van der Waals surface area contributed by atoms with Gasteiger partial charge in [-0.1, -0.05) is 17.7 Å². The van der Waals surface area contributed by atoms with E-state index in [1.54, 1.807) is 27.1 Å². The monoisotopic (exact) mass is 438 g/mol. The molecule has 0 unspecified atom stereocenters. The van der Waals surface area contributed by atoms with Crippen LogP contribution in [0.1, 0.15) is 22.8 Å². The zero-order valence-corrected chi connectivity index (χ0v) is 17.4. The first kappa shape index (κ1) is 23.2. The van der Waals surface area contributed by atoms with Gasteiger partial charge in [0.2, 0.25) is 5.91 Å². The fraction of sp³-hybridized carbons (Fsp3) is 0.238.